The highest BCUT2D eigenvalue weighted by Gasteiger charge is 2.19. The van der Waals surface area contributed by atoms with Crippen LogP contribution in [0.4, 0.5) is 0 Å². The Balaban J connectivity index is 4.43. The molecule has 6 nitrogen and oxygen atoms in total. The Morgan fingerprint density at radius 2 is 0.574 bits per heavy atom. The van der Waals surface area contributed by atoms with E-state index in [2.05, 4.69) is 106 Å². The van der Waals surface area contributed by atoms with Crippen molar-refractivity contribution in [2.75, 3.05) is 13.2 Å². The third-order valence-corrected chi connectivity index (χ3v) is 12.1. The minimum atomic E-state index is -0.793. The molecule has 0 saturated carbocycles. The summed E-state index contributed by atoms with van der Waals surface area (Å²) in [5, 5.41) is 0. The highest BCUT2D eigenvalue weighted by atomic mass is 16.6. The second kappa shape index (κ2) is 56.2. The molecular weight excluding hydrogens is 841 g/mol. The van der Waals surface area contributed by atoms with Gasteiger partial charge >= 0.3 is 17.9 Å². The number of hydrogen-bond donors (Lipinski definition) is 0. The lowest BCUT2D eigenvalue weighted by molar-refractivity contribution is -0.167. The first-order chi connectivity index (χ1) is 33.5. The van der Waals surface area contributed by atoms with Crippen molar-refractivity contribution in [3.05, 3.63) is 85.1 Å². The summed E-state index contributed by atoms with van der Waals surface area (Å²) in [5.74, 6) is -0.919. The Labute approximate surface area is 420 Å². The number of allylic oxidation sites excluding steroid dienone is 14. The van der Waals surface area contributed by atoms with Crippen molar-refractivity contribution >= 4 is 17.9 Å². The van der Waals surface area contributed by atoms with Crippen LogP contribution in [0.1, 0.15) is 271 Å². The molecule has 0 aromatic heterocycles. The van der Waals surface area contributed by atoms with Gasteiger partial charge in [-0.15, -0.1) is 0 Å². The molecule has 0 bridgehead atoms. The van der Waals surface area contributed by atoms with Crippen LogP contribution < -0.4 is 0 Å². The fourth-order valence-corrected chi connectivity index (χ4v) is 7.88. The molecule has 1 unspecified atom stereocenters. The molecule has 0 aliphatic heterocycles. The maximum absolute atomic E-state index is 12.9. The van der Waals surface area contributed by atoms with E-state index < -0.39 is 6.10 Å². The fourth-order valence-electron chi connectivity index (χ4n) is 7.88. The molecular formula is C62H106O6. The summed E-state index contributed by atoms with van der Waals surface area (Å²) in [6.07, 6.45) is 72.8. The van der Waals surface area contributed by atoms with Gasteiger partial charge in [0.25, 0.3) is 0 Å². The van der Waals surface area contributed by atoms with E-state index in [9.17, 15) is 14.4 Å². The Bertz CT molecular complexity index is 1320. The molecule has 0 rings (SSSR count). The van der Waals surface area contributed by atoms with E-state index in [4.69, 9.17) is 14.2 Å². The molecule has 0 spiro atoms. The van der Waals surface area contributed by atoms with Gasteiger partial charge in [-0.05, 0) is 109 Å². The first-order valence-corrected chi connectivity index (χ1v) is 28.6. The van der Waals surface area contributed by atoms with Gasteiger partial charge in [-0.2, -0.15) is 0 Å². The van der Waals surface area contributed by atoms with Gasteiger partial charge in [-0.25, -0.2) is 0 Å². The predicted octanol–water partition coefficient (Wildman–Crippen LogP) is 19.2. The standard InChI is InChI=1S/C62H106O6/c1-4-7-10-13-16-19-22-25-28-31-32-35-37-40-43-46-49-52-55-61(64)67-58-59(68-62(65)56-53-50-47-44-41-38-34-30-27-24-21-18-15-12-9-6-3)57-66-60(63)54-51-48-45-42-39-36-33-29-26-23-20-17-14-11-8-5-2/h8-9,11-12,17-18,20-21,26-27,29-30,32,35,59H,4-7,10,13-16,19,22-25,28,31,33-34,36-58H2,1-3H3/b11-8-,12-9-,20-17-,21-18-,29-26-,30-27-,35-32-. The van der Waals surface area contributed by atoms with Gasteiger partial charge in [0.05, 0.1) is 0 Å². The summed E-state index contributed by atoms with van der Waals surface area (Å²) in [7, 11) is 0. The highest BCUT2D eigenvalue weighted by molar-refractivity contribution is 5.71. The van der Waals surface area contributed by atoms with Crippen molar-refractivity contribution in [2.24, 2.45) is 0 Å². The zero-order chi connectivity index (χ0) is 49.3. The third-order valence-electron chi connectivity index (χ3n) is 12.1. The maximum atomic E-state index is 12.9. The molecule has 0 amide bonds. The Morgan fingerprint density at radius 1 is 0.309 bits per heavy atom. The SMILES string of the molecule is CC/C=C\C/C=C\C/C=C\CCCCCCCCC(=O)OCC(COC(=O)CCCCCCC/C=C\CCCCCCCCCCC)OC(=O)CCCCCCCC/C=C\C/C=C\C/C=C\CC. The molecule has 0 saturated heterocycles. The Kier molecular flexibility index (Phi) is 53.4. The van der Waals surface area contributed by atoms with Crippen molar-refractivity contribution in [2.45, 2.75) is 277 Å². The largest absolute Gasteiger partial charge is 0.462 e. The molecule has 0 aromatic carbocycles. The monoisotopic (exact) mass is 947 g/mol. The molecule has 0 aliphatic rings. The van der Waals surface area contributed by atoms with Crippen LogP contribution in [0.5, 0.6) is 0 Å². The van der Waals surface area contributed by atoms with E-state index >= 15 is 0 Å². The highest BCUT2D eigenvalue weighted by Crippen LogP contribution is 2.15. The molecule has 6 heteroatoms. The number of hydrogen-bond acceptors (Lipinski definition) is 6. The summed E-state index contributed by atoms with van der Waals surface area (Å²) < 4.78 is 16.8. The van der Waals surface area contributed by atoms with Crippen molar-refractivity contribution in [3.63, 3.8) is 0 Å². The normalized spacial score (nSPS) is 12.7. The lowest BCUT2D eigenvalue weighted by Crippen LogP contribution is -2.30. The predicted molar refractivity (Wildman–Crippen MR) is 293 cm³/mol. The quantitative estimate of drug-likeness (QED) is 0.0262. The number of esters is 3. The third kappa shape index (κ3) is 53.5. The maximum Gasteiger partial charge on any atom is 0.306 e. The van der Waals surface area contributed by atoms with E-state index in [0.717, 1.165) is 122 Å². The Hall–Kier alpha value is -3.41. The van der Waals surface area contributed by atoms with Gasteiger partial charge in [-0.1, -0.05) is 228 Å². The molecule has 0 heterocycles. The minimum Gasteiger partial charge on any atom is -0.462 e. The second-order valence-electron chi connectivity index (χ2n) is 18.8. The summed E-state index contributed by atoms with van der Waals surface area (Å²) >= 11 is 0. The van der Waals surface area contributed by atoms with E-state index in [1.807, 2.05) is 0 Å². The van der Waals surface area contributed by atoms with Crippen LogP contribution in [0, 0.1) is 0 Å². The van der Waals surface area contributed by atoms with Gasteiger partial charge in [0.2, 0.25) is 0 Å². The number of unbranched alkanes of at least 4 members (excludes halogenated alkanes) is 26. The van der Waals surface area contributed by atoms with E-state index in [0.29, 0.717) is 19.3 Å². The molecule has 0 aliphatic carbocycles. The van der Waals surface area contributed by atoms with Crippen molar-refractivity contribution in [3.8, 4) is 0 Å². The first-order valence-electron chi connectivity index (χ1n) is 28.6. The van der Waals surface area contributed by atoms with Crippen LogP contribution in [0.25, 0.3) is 0 Å². The van der Waals surface area contributed by atoms with E-state index in [-0.39, 0.29) is 31.1 Å². The number of carbonyl (C=O) groups is 3. The van der Waals surface area contributed by atoms with Crippen molar-refractivity contribution < 1.29 is 28.6 Å². The zero-order valence-electron chi connectivity index (χ0n) is 44.6. The number of ether oxygens (including phenoxy) is 3. The Morgan fingerprint density at radius 3 is 0.912 bits per heavy atom. The van der Waals surface area contributed by atoms with Gasteiger partial charge < -0.3 is 14.2 Å². The van der Waals surface area contributed by atoms with Crippen molar-refractivity contribution in [1.82, 2.24) is 0 Å². The van der Waals surface area contributed by atoms with Crippen LogP contribution in [0.3, 0.4) is 0 Å². The number of carbonyl (C=O) groups excluding carboxylic acids is 3. The number of rotatable bonds is 51. The van der Waals surface area contributed by atoms with Crippen LogP contribution in [0.15, 0.2) is 85.1 Å². The molecule has 1 atom stereocenters. The average Bonchev–Trinajstić information content (AvgIpc) is 3.34. The molecule has 0 N–H and O–H groups in total. The molecule has 0 aromatic rings. The molecule has 0 fully saturated rings. The van der Waals surface area contributed by atoms with E-state index in [1.54, 1.807) is 0 Å². The minimum absolute atomic E-state index is 0.0905. The first kappa shape index (κ1) is 64.6. The summed E-state index contributed by atoms with van der Waals surface area (Å²) in [6, 6.07) is 0. The lowest BCUT2D eigenvalue weighted by Gasteiger charge is -2.18. The van der Waals surface area contributed by atoms with Crippen LogP contribution >= 0.6 is 0 Å². The van der Waals surface area contributed by atoms with Crippen molar-refractivity contribution in [1.29, 1.82) is 0 Å². The van der Waals surface area contributed by atoms with E-state index in [1.165, 1.54) is 109 Å². The van der Waals surface area contributed by atoms with Gasteiger partial charge in [0.15, 0.2) is 6.10 Å². The van der Waals surface area contributed by atoms with Crippen LogP contribution in [-0.2, 0) is 28.6 Å². The van der Waals surface area contributed by atoms with Gasteiger partial charge in [0, 0.05) is 19.3 Å². The lowest BCUT2D eigenvalue weighted by atomic mass is 10.1. The van der Waals surface area contributed by atoms with Crippen LogP contribution in [0.2, 0.25) is 0 Å². The smallest absolute Gasteiger partial charge is 0.306 e. The zero-order valence-corrected chi connectivity index (χ0v) is 44.6. The molecule has 0 radical (unpaired) electrons. The fraction of sp³-hybridized carbons (Fsp3) is 0.726. The van der Waals surface area contributed by atoms with Gasteiger partial charge in [0.1, 0.15) is 13.2 Å². The summed E-state index contributed by atoms with van der Waals surface area (Å²) in [5.41, 5.74) is 0. The summed E-state index contributed by atoms with van der Waals surface area (Å²) in [4.78, 5) is 38.2. The topological polar surface area (TPSA) is 78.9 Å². The summed E-state index contributed by atoms with van der Waals surface area (Å²) in [6.45, 7) is 6.40. The average molecular weight is 948 g/mol. The van der Waals surface area contributed by atoms with Gasteiger partial charge in [-0.3, -0.25) is 14.4 Å². The second-order valence-corrected chi connectivity index (χ2v) is 18.8. The molecule has 68 heavy (non-hydrogen) atoms. The molecule has 390 valence electrons. The van der Waals surface area contributed by atoms with Crippen LogP contribution in [-0.4, -0.2) is 37.2 Å².